The van der Waals surface area contributed by atoms with Crippen molar-refractivity contribution in [2.45, 2.75) is 26.9 Å². The summed E-state index contributed by atoms with van der Waals surface area (Å²) < 4.78 is 11.3. The third-order valence-corrected chi connectivity index (χ3v) is 3.50. The van der Waals surface area contributed by atoms with Gasteiger partial charge in [-0.05, 0) is 30.5 Å². The molecule has 1 aromatic carbocycles. The van der Waals surface area contributed by atoms with E-state index < -0.39 is 6.10 Å². The Morgan fingerprint density at radius 1 is 1.38 bits per heavy atom. The summed E-state index contributed by atoms with van der Waals surface area (Å²) in [6.07, 6.45) is -0.435. The maximum Gasteiger partial charge on any atom is 0.268 e. The normalized spacial score (nSPS) is 17.9. The van der Waals surface area contributed by atoms with Crippen LogP contribution in [0.2, 0.25) is 0 Å². The number of aryl methyl sites for hydroxylation is 1. The SMILES string of the molecule is Cc1ccc2c(c1)N(CCOCCN)C(=O)C(C(C)C)O2. The molecular weight excluding hydrogens is 268 g/mol. The Morgan fingerprint density at radius 2 is 2.14 bits per heavy atom. The van der Waals surface area contributed by atoms with E-state index in [1.165, 1.54) is 0 Å². The van der Waals surface area contributed by atoms with Crippen LogP contribution in [0.25, 0.3) is 0 Å². The van der Waals surface area contributed by atoms with Crippen molar-refractivity contribution in [3.8, 4) is 5.75 Å². The number of anilines is 1. The molecule has 1 aliphatic heterocycles. The summed E-state index contributed by atoms with van der Waals surface area (Å²) in [5, 5.41) is 0. The van der Waals surface area contributed by atoms with Crippen molar-refractivity contribution in [2.75, 3.05) is 31.2 Å². The molecule has 1 atom stereocenters. The van der Waals surface area contributed by atoms with Crippen LogP contribution in [-0.2, 0) is 9.53 Å². The van der Waals surface area contributed by atoms with Crippen LogP contribution in [0.5, 0.6) is 5.75 Å². The third-order valence-electron chi connectivity index (χ3n) is 3.50. The molecule has 1 unspecified atom stereocenters. The first-order chi connectivity index (χ1) is 10.0. The smallest absolute Gasteiger partial charge is 0.268 e. The Hall–Kier alpha value is -1.59. The van der Waals surface area contributed by atoms with Gasteiger partial charge in [0, 0.05) is 13.1 Å². The molecule has 0 spiro atoms. The molecule has 1 amide bonds. The number of nitrogens with zero attached hydrogens (tertiary/aromatic N) is 1. The van der Waals surface area contributed by atoms with Gasteiger partial charge in [-0.1, -0.05) is 19.9 Å². The van der Waals surface area contributed by atoms with Crippen molar-refractivity contribution >= 4 is 11.6 Å². The van der Waals surface area contributed by atoms with Crippen molar-refractivity contribution in [1.82, 2.24) is 0 Å². The van der Waals surface area contributed by atoms with Crippen LogP contribution < -0.4 is 15.4 Å². The van der Waals surface area contributed by atoms with Crippen LogP contribution in [0.4, 0.5) is 5.69 Å². The van der Waals surface area contributed by atoms with Gasteiger partial charge in [-0.15, -0.1) is 0 Å². The van der Waals surface area contributed by atoms with Crippen LogP contribution in [0.3, 0.4) is 0 Å². The van der Waals surface area contributed by atoms with Crippen LogP contribution in [0.15, 0.2) is 18.2 Å². The van der Waals surface area contributed by atoms with Crippen LogP contribution in [0.1, 0.15) is 19.4 Å². The number of carbonyl (C=O) groups excluding carboxylic acids is 1. The minimum absolute atomic E-state index is 0.000511. The molecule has 116 valence electrons. The molecule has 1 aromatic rings. The summed E-state index contributed by atoms with van der Waals surface area (Å²) >= 11 is 0. The standard InChI is InChI=1S/C16H24N2O3/c1-11(2)15-16(19)18(7-9-20-8-6-17)13-10-12(3)4-5-14(13)21-15/h4-5,10-11,15H,6-9,17H2,1-3H3. The van der Waals surface area contributed by atoms with Crippen molar-refractivity contribution in [3.63, 3.8) is 0 Å². The quantitative estimate of drug-likeness (QED) is 0.811. The predicted molar refractivity (Wildman–Crippen MR) is 82.7 cm³/mol. The molecular formula is C16H24N2O3. The summed E-state index contributed by atoms with van der Waals surface area (Å²) in [7, 11) is 0. The summed E-state index contributed by atoms with van der Waals surface area (Å²) in [5.74, 6) is 0.886. The number of amides is 1. The zero-order valence-corrected chi connectivity index (χ0v) is 13.0. The lowest BCUT2D eigenvalue weighted by Crippen LogP contribution is -2.49. The van der Waals surface area contributed by atoms with Gasteiger partial charge < -0.3 is 20.1 Å². The fourth-order valence-electron chi connectivity index (χ4n) is 2.39. The Morgan fingerprint density at radius 3 is 2.81 bits per heavy atom. The first-order valence-corrected chi connectivity index (χ1v) is 7.41. The highest BCUT2D eigenvalue weighted by Crippen LogP contribution is 2.36. The van der Waals surface area contributed by atoms with Gasteiger partial charge in [-0.2, -0.15) is 0 Å². The number of rotatable bonds is 6. The molecule has 2 N–H and O–H groups in total. The molecule has 0 saturated carbocycles. The van der Waals surface area contributed by atoms with Gasteiger partial charge in [0.2, 0.25) is 0 Å². The lowest BCUT2D eigenvalue weighted by Gasteiger charge is -2.36. The molecule has 0 aliphatic carbocycles. The van der Waals surface area contributed by atoms with Crippen molar-refractivity contribution in [3.05, 3.63) is 23.8 Å². The molecule has 21 heavy (non-hydrogen) atoms. The van der Waals surface area contributed by atoms with E-state index in [-0.39, 0.29) is 11.8 Å². The lowest BCUT2D eigenvalue weighted by atomic mass is 10.0. The molecule has 0 fully saturated rings. The van der Waals surface area contributed by atoms with E-state index in [1.807, 2.05) is 39.0 Å². The average Bonchev–Trinajstić information content (AvgIpc) is 2.45. The van der Waals surface area contributed by atoms with Gasteiger partial charge >= 0.3 is 0 Å². The first kappa shape index (κ1) is 15.8. The molecule has 5 nitrogen and oxygen atoms in total. The Balaban J connectivity index is 2.22. The van der Waals surface area contributed by atoms with Crippen molar-refractivity contribution < 1.29 is 14.3 Å². The van der Waals surface area contributed by atoms with Crippen LogP contribution >= 0.6 is 0 Å². The summed E-state index contributed by atoms with van der Waals surface area (Å²) in [6, 6.07) is 5.90. The number of fused-ring (bicyclic) bond motifs is 1. The maximum absolute atomic E-state index is 12.6. The minimum atomic E-state index is -0.435. The fourth-order valence-corrected chi connectivity index (χ4v) is 2.39. The van der Waals surface area contributed by atoms with Gasteiger partial charge in [0.25, 0.3) is 5.91 Å². The molecule has 0 radical (unpaired) electrons. The molecule has 0 aromatic heterocycles. The third kappa shape index (κ3) is 3.54. The fraction of sp³-hybridized carbons (Fsp3) is 0.562. The second-order valence-corrected chi connectivity index (χ2v) is 5.64. The highest BCUT2D eigenvalue weighted by molar-refractivity contribution is 6.00. The van der Waals surface area contributed by atoms with E-state index in [0.29, 0.717) is 26.3 Å². The molecule has 0 bridgehead atoms. The molecule has 1 heterocycles. The largest absolute Gasteiger partial charge is 0.478 e. The predicted octanol–water partition coefficient (Wildman–Crippen LogP) is 1.72. The Labute approximate surface area is 126 Å². The van der Waals surface area contributed by atoms with Gasteiger partial charge in [0.1, 0.15) is 5.75 Å². The van der Waals surface area contributed by atoms with E-state index in [9.17, 15) is 4.79 Å². The Kier molecular flexibility index (Phi) is 5.20. The zero-order valence-electron chi connectivity index (χ0n) is 13.0. The second-order valence-electron chi connectivity index (χ2n) is 5.64. The number of ether oxygens (including phenoxy) is 2. The van der Waals surface area contributed by atoms with E-state index >= 15 is 0 Å². The number of carbonyl (C=O) groups is 1. The van der Waals surface area contributed by atoms with Gasteiger partial charge in [-0.25, -0.2) is 0 Å². The Bertz CT molecular complexity index is 502. The second kappa shape index (κ2) is 6.91. The number of hydrogen-bond acceptors (Lipinski definition) is 4. The van der Waals surface area contributed by atoms with Crippen LogP contribution in [0, 0.1) is 12.8 Å². The molecule has 0 saturated heterocycles. The van der Waals surface area contributed by atoms with E-state index in [0.717, 1.165) is 17.0 Å². The van der Waals surface area contributed by atoms with Crippen molar-refractivity contribution in [2.24, 2.45) is 11.7 Å². The molecule has 5 heteroatoms. The van der Waals surface area contributed by atoms with Gasteiger partial charge in [0.05, 0.1) is 18.9 Å². The summed E-state index contributed by atoms with van der Waals surface area (Å²) in [6.45, 7) is 7.97. The number of nitrogens with two attached hydrogens (primary N) is 1. The summed E-state index contributed by atoms with van der Waals surface area (Å²) in [4.78, 5) is 14.4. The minimum Gasteiger partial charge on any atom is -0.478 e. The highest BCUT2D eigenvalue weighted by atomic mass is 16.5. The maximum atomic E-state index is 12.6. The molecule has 1 aliphatic rings. The number of benzene rings is 1. The highest BCUT2D eigenvalue weighted by Gasteiger charge is 2.36. The molecule has 2 rings (SSSR count). The van der Waals surface area contributed by atoms with Gasteiger partial charge in [0.15, 0.2) is 6.10 Å². The van der Waals surface area contributed by atoms with E-state index in [2.05, 4.69) is 0 Å². The number of hydrogen-bond donors (Lipinski definition) is 1. The summed E-state index contributed by atoms with van der Waals surface area (Å²) in [5.41, 5.74) is 7.33. The van der Waals surface area contributed by atoms with Crippen LogP contribution in [-0.4, -0.2) is 38.3 Å². The topological polar surface area (TPSA) is 64.8 Å². The van der Waals surface area contributed by atoms with E-state index in [1.54, 1.807) is 4.90 Å². The van der Waals surface area contributed by atoms with Crippen molar-refractivity contribution in [1.29, 1.82) is 0 Å². The van der Waals surface area contributed by atoms with Gasteiger partial charge in [-0.3, -0.25) is 4.79 Å². The monoisotopic (exact) mass is 292 g/mol. The first-order valence-electron chi connectivity index (χ1n) is 7.41. The zero-order chi connectivity index (χ0) is 15.4. The average molecular weight is 292 g/mol. The lowest BCUT2D eigenvalue weighted by molar-refractivity contribution is -0.128. The van der Waals surface area contributed by atoms with E-state index in [4.69, 9.17) is 15.2 Å².